The quantitative estimate of drug-likeness (QED) is 0.699. The van der Waals surface area contributed by atoms with E-state index in [-0.39, 0.29) is 10.5 Å². The van der Waals surface area contributed by atoms with Gasteiger partial charge in [0.05, 0.1) is 10.8 Å². The molecule has 8 heteroatoms. The Balaban J connectivity index is 2.58. The minimum atomic E-state index is -4.64. The van der Waals surface area contributed by atoms with E-state index in [2.05, 4.69) is 9.97 Å². The first-order chi connectivity index (χ1) is 9.29. The Kier molecular flexibility index (Phi) is 3.85. The summed E-state index contributed by atoms with van der Waals surface area (Å²) < 4.78 is 38.3. The fourth-order valence-corrected chi connectivity index (χ4v) is 2.38. The Hall–Kier alpha value is -1.83. The fraction of sp³-hybridized carbons (Fsp3) is 0.250. The lowest BCUT2D eigenvalue weighted by atomic mass is 10.2. The third-order valence-electron chi connectivity index (χ3n) is 2.51. The summed E-state index contributed by atoms with van der Waals surface area (Å²) in [6.45, 7) is 1.51. The summed E-state index contributed by atoms with van der Waals surface area (Å²) in [6, 6.07) is 6.32. The molecule has 1 atom stereocenters. The van der Waals surface area contributed by atoms with Crippen molar-refractivity contribution in [3.63, 3.8) is 0 Å². The molecule has 0 fully saturated rings. The molecule has 2 aromatic rings. The number of carbonyl (C=O) groups excluding carboxylic acids is 1. The Morgan fingerprint density at radius 1 is 1.30 bits per heavy atom. The van der Waals surface area contributed by atoms with E-state index in [0.29, 0.717) is 5.39 Å². The smallest absolute Gasteiger partial charge is 0.369 e. The van der Waals surface area contributed by atoms with Crippen LogP contribution in [-0.4, -0.2) is 21.1 Å². The summed E-state index contributed by atoms with van der Waals surface area (Å²) in [5, 5.41) is -0.137. The predicted octanol–water partition coefficient (Wildman–Crippen LogP) is 2.61. The van der Waals surface area contributed by atoms with E-state index in [1.165, 1.54) is 13.0 Å². The lowest BCUT2D eigenvalue weighted by Crippen LogP contribution is -2.23. The van der Waals surface area contributed by atoms with Gasteiger partial charge in [0.1, 0.15) is 5.03 Å². The summed E-state index contributed by atoms with van der Waals surface area (Å²) in [5.74, 6) is -1.85. The van der Waals surface area contributed by atoms with Crippen LogP contribution in [-0.2, 0) is 11.0 Å². The number of para-hydroxylation sites is 1. The van der Waals surface area contributed by atoms with E-state index in [4.69, 9.17) is 5.73 Å². The molecule has 0 saturated carbocycles. The van der Waals surface area contributed by atoms with Crippen molar-refractivity contribution >= 4 is 28.6 Å². The number of hydrogen-bond acceptors (Lipinski definition) is 4. The van der Waals surface area contributed by atoms with Crippen molar-refractivity contribution in [3.05, 3.63) is 30.1 Å². The minimum absolute atomic E-state index is 0.0919. The molecule has 1 aromatic heterocycles. The molecule has 2 rings (SSSR count). The van der Waals surface area contributed by atoms with Crippen molar-refractivity contribution in [1.29, 1.82) is 0 Å². The number of primary amides is 1. The van der Waals surface area contributed by atoms with Gasteiger partial charge in [0, 0.05) is 5.39 Å². The number of nitrogens with two attached hydrogens (primary N) is 1. The molecule has 0 aliphatic heterocycles. The molecule has 0 bridgehead atoms. The van der Waals surface area contributed by atoms with Crippen LogP contribution in [0, 0.1) is 0 Å². The molecule has 4 nitrogen and oxygen atoms in total. The average Bonchev–Trinajstić information content (AvgIpc) is 2.37. The monoisotopic (exact) mass is 301 g/mol. The summed E-state index contributed by atoms with van der Waals surface area (Å²) in [7, 11) is 0. The maximum Gasteiger partial charge on any atom is 0.451 e. The highest BCUT2D eigenvalue weighted by molar-refractivity contribution is 8.00. The molecule has 0 unspecified atom stereocenters. The highest BCUT2D eigenvalue weighted by atomic mass is 32.2. The van der Waals surface area contributed by atoms with Crippen molar-refractivity contribution < 1.29 is 18.0 Å². The number of hydrogen-bond donors (Lipinski definition) is 1. The normalized spacial score (nSPS) is 13.4. The SMILES string of the molecule is C[C@H](Sc1nc(C(F)(F)F)nc2ccccc12)C(N)=O. The Morgan fingerprint density at radius 2 is 1.95 bits per heavy atom. The van der Waals surface area contributed by atoms with Gasteiger partial charge in [-0.25, -0.2) is 9.97 Å². The maximum absolute atomic E-state index is 12.8. The van der Waals surface area contributed by atoms with E-state index < -0.39 is 23.2 Å². The van der Waals surface area contributed by atoms with Crippen LogP contribution in [0.25, 0.3) is 10.9 Å². The predicted molar refractivity (Wildman–Crippen MR) is 69.1 cm³/mol. The van der Waals surface area contributed by atoms with Crippen LogP contribution in [0.15, 0.2) is 29.3 Å². The molecule has 0 radical (unpaired) electrons. The van der Waals surface area contributed by atoms with Gasteiger partial charge in [-0.2, -0.15) is 13.2 Å². The largest absolute Gasteiger partial charge is 0.451 e. The van der Waals surface area contributed by atoms with Crippen LogP contribution in [0.3, 0.4) is 0 Å². The van der Waals surface area contributed by atoms with Crippen molar-refractivity contribution in [1.82, 2.24) is 9.97 Å². The summed E-state index contributed by atoms with van der Waals surface area (Å²) in [6.07, 6.45) is -4.64. The maximum atomic E-state index is 12.8. The molecule has 0 aliphatic carbocycles. The topological polar surface area (TPSA) is 68.9 Å². The van der Waals surface area contributed by atoms with Gasteiger partial charge in [-0.1, -0.05) is 30.0 Å². The Morgan fingerprint density at radius 3 is 2.55 bits per heavy atom. The molecule has 0 aliphatic rings. The number of aromatic nitrogens is 2. The third-order valence-corrected chi connectivity index (χ3v) is 3.63. The van der Waals surface area contributed by atoms with Gasteiger partial charge >= 0.3 is 6.18 Å². The highest BCUT2D eigenvalue weighted by Gasteiger charge is 2.35. The van der Waals surface area contributed by atoms with Crippen molar-refractivity contribution in [2.24, 2.45) is 5.73 Å². The van der Waals surface area contributed by atoms with E-state index in [1.807, 2.05) is 0 Å². The molecule has 1 heterocycles. The molecule has 0 saturated heterocycles. The first-order valence-corrected chi connectivity index (χ1v) is 6.47. The van der Waals surface area contributed by atoms with E-state index in [1.54, 1.807) is 18.2 Å². The molecular weight excluding hydrogens is 291 g/mol. The van der Waals surface area contributed by atoms with Gasteiger partial charge in [0.25, 0.3) is 0 Å². The number of benzene rings is 1. The van der Waals surface area contributed by atoms with Crippen LogP contribution in [0.4, 0.5) is 13.2 Å². The Bertz CT molecular complexity index is 660. The molecule has 20 heavy (non-hydrogen) atoms. The van der Waals surface area contributed by atoms with Crippen LogP contribution in [0.2, 0.25) is 0 Å². The third kappa shape index (κ3) is 3.01. The number of amides is 1. The Labute approximate surface area is 116 Å². The first kappa shape index (κ1) is 14.6. The zero-order chi connectivity index (χ0) is 14.9. The summed E-state index contributed by atoms with van der Waals surface area (Å²) in [5.41, 5.74) is 5.30. The highest BCUT2D eigenvalue weighted by Crippen LogP contribution is 2.33. The lowest BCUT2D eigenvalue weighted by molar-refractivity contribution is -0.145. The van der Waals surface area contributed by atoms with Crippen molar-refractivity contribution in [3.8, 4) is 0 Å². The molecule has 0 spiro atoms. The number of fused-ring (bicyclic) bond motifs is 1. The molecule has 2 N–H and O–H groups in total. The van der Waals surface area contributed by atoms with Crippen LogP contribution in [0.1, 0.15) is 12.7 Å². The summed E-state index contributed by atoms with van der Waals surface area (Å²) >= 11 is 0.886. The number of nitrogens with zero attached hydrogens (tertiary/aromatic N) is 2. The number of halogens is 3. The minimum Gasteiger partial charge on any atom is -0.369 e. The lowest BCUT2D eigenvalue weighted by Gasteiger charge is -2.12. The van der Waals surface area contributed by atoms with Crippen molar-refractivity contribution in [2.75, 3.05) is 0 Å². The molecule has 106 valence electrons. The van der Waals surface area contributed by atoms with Gasteiger partial charge in [0.15, 0.2) is 0 Å². The van der Waals surface area contributed by atoms with E-state index in [9.17, 15) is 18.0 Å². The van der Waals surface area contributed by atoms with Gasteiger partial charge in [-0.05, 0) is 13.0 Å². The standard InChI is InChI=1S/C12H10F3N3OS/c1-6(9(16)19)20-10-7-4-2-3-5-8(7)17-11(18-10)12(13,14)15/h2-6H,1H3,(H2,16,19)/t6-/m0/s1. The van der Waals surface area contributed by atoms with Crippen LogP contribution >= 0.6 is 11.8 Å². The van der Waals surface area contributed by atoms with E-state index in [0.717, 1.165) is 11.8 Å². The number of thioether (sulfide) groups is 1. The van der Waals surface area contributed by atoms with Gasteiger partial charge < -0.3 is 5.73 Å². The first-order valence-electron chi connectivity index (χ1n) is 5.59. The van der Waals surface area contributed by atoms with Gasteiger partial charge in [-0.15, -0.1) is 0 Å². The molecular formula is C12H10F3N3OS. The van der Waals surface area contributed by atoms with Gasteiger partial charge in [-0.3, -0.25) is 4.79 Å². The average molecular weight is 301 g/mol. The van der Waals surface area contributed by atoms with E-state index >= 15 is 0 Å². The number of alkyl halides is 3. The molecule has 1 aromatic carbocycles. The van der Waals surface area contributed by atoms with Crippen LogP contribution < -0.4 is 5.73 Å². The van der Waals surface area contributed by atoms with Crippen molar-refractivity contribution in [2.45, 2.75) is 23.4 Å². The van der Waals surface area contributed by atoms with Crippen LogP contribution in [0.5, 0.6) is 0 Å². The summed E-state index contributed by atoms with van der Waals surface area (Å²) in [4.78, 5) is 18.1. The number of carbonyl (C=O) groups is 1. The fourth-order valence-electron chi connectivity index (χ4n) is 1.49. The second-order valence-corrected chi connectivity index (χ2v) is 5.36. The number of rotatable bonds is 3. The zero-order valence-electron chi connectivity index (χ0n) is 10.3. The zero-order valence-corrected chi connectivity index (χ0v) is 11.1. The second-order valence-electron chi connectivity index (χ2n) is 4.03. The van der Waals surface area contributed by atoms with Gasteiger partial charge in [0.2, 0.25) is 11.7 Å². The molecule has 1 amide bonds. The second kappa shape index (κ2) is 5.28.